The predicted molar refractivity (Wildman–Crippen MR) is 78.1 cm³/mol. The summed E-state index contributed by atoms with van der Waals surface area (Å²) in [5, 5.41) is 14.0. The highest BCUT2D eigenvalue weighted by molar-refractivity contribution is 5.59. The van der Waals surface area contributed by atoms with E-state index >= 15 is 0 Å². The Balaban J connectivity index is 2.15. The molecule has 110 valence electrons. The Labute approximate surface area is 121 Å². The average Bonchev–Trinajstić information content (AvgIpc) is 2.46. The van der Waals surface area contributed by atoms with Crippen LogP contribution in [0.2, 0.25) is 0 Å². The van der Waals surface area contributed by atoms with Crippen LogP contribution in [-0.4, -0.2) is 12.0 Å². The molecule has 0 aliphatic carbocycles. The molecule has 2 aromatic carbocycles. The molecule has 0 radical (unpaired) electrons. The van der Waals surface area contributed by atoms with Crippen LogP contribution in [0.15, 0.2) is 36.4 Å². The minimum atomic E-state index is -0.437. The zero-order valence-electron chi connectivity index (χ0n) is 11.7. The van der Waals surface area contributed by atoms with Crippen molar-refractivity contribution in [3.8, 4) is 5.75 Å². The van der Waals surface area contributed by atoms with Crippen LogP contribution in [0.1, 0.15) is 11.1 Å². The predicted octanol–water partition coefficient (Wildman–Crippen LogP) is 3.66. The summed E-state index contributed by atoms with van der Waals surface area (Å²) in [6.45, 7) is 2.04. The van der Waals surface area contributed by atoms with Gasteiger partial charge in [-0.25, -0.2) is 4.39 Å². The fraction of sp³-hybridized carbons (Fsp3) is 0.200. The number of anilines is 1. The first-order chi connectivity index (χ1) is 10.0. The number of nitrogens with zero attached hydrogens (tertiary/aromatic N) is 1. The lowest BCUT2D eigenvalue weighted by atomic mass is 10.1. The van der Waals surface area contributed by atoms with E-state index < -0.39 is 10.7 Å². The van der Waals surface area contributed by atoms with Gasteiger partial charge in [-0.1, -0.05) is 12.1 Å². The van der Waals surface area contributed by atoms with Crippen LogP contribution in [0.4, 0.5) is 15.8 Å². The van der Waals surface area contributed by atoms with Crippen molar-refractivity contribution in [3.63, 3.8) is 0 Å². The Morgan fingerprint density at radius 2 is 2.10 bits per heavy atom. The minimum Gasteiger partial charge on any atom is -0.494 e. The number of hydrogen-bond acceptors (Lipinski definition) is 4. The first-order valence-corrected chi connectivity index (χ1v) is 6.33. The first-order valence-electron chi connectivity index (χ1n) is 6.33. The Kier molecular flexibility index (Phi) is 4.37. The molecule has 0 atom stereocenters. The zero-order valence-corrected chi connectivity index (χ0v) is 11.7. The summed E-state index contributed by atoms with van der Waals surface area (Å²) in [6.07, 6.45) is 0. The number of benzene rings is 2. The number of methoxy groups -OCH3 is 1. The molecule has 0 saturated heterocycles. The van der Waals surface area contributed by atoms with Crippen LogP contribution < -0.4 is 10.1 Å². The van der Waals surface area contributed by atoms with E-state index in [1.807, 2.05) is 0 Å². The summed E-state index contributed by atoms with van der Waals surface area (Å²) >= 11 is 0. The zero-order chi connectivity index (χ0) is 15.4. The molecule has 0 amide bonds. The van der Waals surface area contributed by atoms with Gasteiger partial charge >= 0.3 is 0 Å². The summed E-state index contributed by atoms with van der Waals surface area (Å²) in [7, 11) is 1.41. The summed E-state index contributed by atoms with van der Waals surface area (Å²) in [5.41, 5.74) is 1.98. The molecule has 0 aliphatic heterocycles. The molecule has 0 saturated carbocycles. The second-order valence-corrected chi connectivity index (χ2v) is 4.53. The fourth-order valence-corrected chi connectivity index (χ4v) is 2.03. The second-order valence-electron chi connectivity index (χ2n) is 4.53. The highest BCUT2D eigenvalue weighted by Gasteiger charge is 2.13. The van der Waals surface area contributed by atoms with Gasteiger partial charge in [0.1, 0.15) is 0 Å². The number of nitro groups is 1. The van der Waals surface area contributed by atoms with Gasteiger partial charge in [0.05, 0.1) is 12.0 Å². The molecule has 0 unspecified atom stereocenters. The Hall–Kier alpha value is -2.63. The molecule has 0 aliphatic rings. The number of nitrogens with one attached hydrogen (secondary N) is 1. The molecule has 0 aromatic heterocycles. The summed E-state index contributed by atoms with van der Waals surface area (Å²) in [6, 6.07) is 9.48. The Morgan fingerprint density at radius 3 is 2.71 bits per heavy atom. The third kappa shape index (κ3) is 3.28. The number of ether oxygens (including phenoxy) is 1. The molecule has 1 N–H and O–H groups in total. The van der Waals surface area contributed by atoms with E-state index in [1.165, 1.54) is 19.2 Å². The summed E-state index contributed by atoms with van der Waals surface area (Å²) < 4.78 is 18.4. The van der Waals surface area contributed by atoms with Crippen LogP contribution >= 0.6 is 0 Å². The van der Waals surface area contributed by atoms with Gasteiger partial charge in [-0.05, 0) is 30.7 Å². The van der Waals surface area contributed by atoms with Crippen molar-refractivity contribution in [2.24, 2.45) is 0 Å². The topological polar surface area (TPSA) is 64.4 Å². The van der Waals surface area contributed by atoms with Gasteiger partial charge in [0, 0.05) is 23.9 Å². The first kappa shape index (κ1) is 14.8. The maximum atomic E-state index is 13.6. The van der Waals surface area contributed by atoms with Gasteiger partial charge in [0.15, 0.2) is 11.6 Å². The SMILES string of the molecule is COc1ccc(CNc2cccc([N+](=O)[O-])c2C)cc1F. The molecule has 21 heavy (non-hydrogen) atoms. The fourth-order valence-electron chi connectivity index (χ4n) is 2.03. The molecular weight excluding hydrogens is 275 g/mol. The largest absolute Gasteiger partial charge is 0.494 e. The molecule has 2 rings (SSSR count). The smallest absolute Gasteiger partial charge is 0.274 e. The van der Waals surface area contributed by atoms with E-state index in [1.54, 1.807) is 31.2 Å². The van der Waals surface area contributed by atoms with Crippen molar-refractivity contribution in [2.45, 2.75) is 13.5 Å². The number of halogens is 1. The van der Waals surface area contributed by atoms with Gasteiger partial charge in [-0.3, -0.25) is 10.1 Å². The van der Waals surface area contributed by atoms with Crippen molar-refractivity contribution in [2.75, 3.05) is 12.4 Å². The molecule has 0 fully saturated rings. The molecule has 0 bridgehead atoms. The van der Waals surface area contributed by atoms with Gasteiger partial charge in [-0.2, -0.15) is 0 Å². The lowest BCUT2D eigenvalue weighted by Gasteiger charge is -2.10. The van der Waals surface area contributed by atoms with E-state index in [0.717, 1.165) is 5.56 Å². The van der Waals surface area contributed by atoms with Crippen molar-refractivity contribution in [1.82, 2.24) is 0 Å². The van der Waals surface area contributed by atoms with Crippen LogP contribution in [-0.2, 0) is 6.54 Å². The monoisotopic (exact) mass is 290 g/mol. The quantitative estimate of drug-likeness (QED) is 0.674. The van der Waals surface area contributed by atoms with E-state index in [2.05, 4.69) is 5.32 Å². The lowest BCUT2D eigenvalue weighted by molar-refractivity contribution is -0.385. The van der Waals surface area contributed by atoms with Gasteiger partial charge in [0.25, 0.3) is 5.69 Å². The maximum absolute atomic E-state index is 13.6. The highest BCUT2D eigenvalue weighted by Crippen LogP contribution is 2.26. The standard InChI is InChI=1S/C15H15FN2O3/c1-10-13(4-3-5-14(10)18(19)20)17-9-11-6-7-15(21-2)12(16)8-11/h3-8,17H,9H2,1-2H3. The van der Waals surface area contributed by atoms with Gasteiger partial charge in [0.2, 0.25) is 0 Å². The van der Waals surface area contributed by atoms with Crippen molar-refractivity contribution >= 4 is 11.4 Å². The number of rotatable bonds is 5. The Bertz CT molecular complexity index is 674. The summed E-state index contributed by atoms with van der Waals surface area (Å²) in [5.74, 6) is -0.252. The molecule has 0 heterocycles. The molecule has 2 aromatic rings. The average molecular weight is 290 g/mol. The Morgan fingerprint density at radius 1 is 1.33 bits per heavy atom. The maximum Gasteiger partial charge on any atom is 0.274 e. The van der Waals surface area contributed by atoms with Crippen molar-refractivity contribution < 1.29 is 14.1 Å². The summed E-state index contributed by atoms with van der Waals surface area (Å²) in [4.78, 5) is 10.5. The molecule has 5 nitrogen and oxygen atoms in total. The third-order valence-corrected chi connectivity index (χ3v) is 3.20. The molecule has 6 heteroatoms. The van der Waals surface area contributed by atoms with Crippen LogP contribution in [0, 0.1) is 22.9 Å². The van der Waals surface area contributed by atoms with Crippen LogP contribution in [0.3, 0.4) is 0 Å². The third-order valence-electron chi connectivity index (χ3n) is 3.20. The van der Waals surface area contributed by atoms with Crippen molar-refractivity contribution in [3.05, 3.63) is 63.5 Å². The molecule has 0 spiro atoms. The highest BCUT2D eigenvalue weighted by atomic mass is 19.1. The van der Waals surface area contributed by atoms with Crippen molar-refractivity contribution in [1.29, 1.82) is 0 Å². The lowest BCUT2D eigenvalue weighted by Crippen LogP contribution is -2.03. The normalized spacial score (nSPS) is 10.2. The number of hydrogen-bond donors (Lipinski definition) is 1. The van der Waals surface area contributed by atoms with E-state index in [4.69, 9.17) is 4.74 Å². The van der Waals surface area contributed by atoms with E-state index in [0.29, 0.717) is 17.8 Å². The van der Waals surface area contributed by atoms with E-state index in [-0.39, 0.29) is 11.4 Å². The van der Waals surface area contributed by atoms with Crippen LogP contribution in [0.25, 0.3) is 0 Å². The minimum absolute atomic E-state index is 0.0564. The second kappa shape index (κ2) is 6.21. The van der Waals surface area contributed by atoms with E-state index in [9.17, 15) is 14.5 Å². The van der Waals surface area contributed by atoms with Gasteiger partial charge < -0.3 is 10.1 Å². The van der Waals surface area contributed by atoms with Gasteiger partial charge in [-0.15, -0.1) is 0 Å². The number of nitro benzene ring substituents is 1. The molecular formula is C15H15FN2O3. The van der Waals surface area contributed by atoms with Crippen LogP contribution in [0.5, 0.6) is 5.75 Å².